The molecule has 1 aromatic carbocycles. The second kappa shape index (κ2) is 12.8. The Morgan fingerprint density at radius 2 is 1.70 bits per heavy atom. The Labute approximate surface area is 221 Å². The van der Waals surface area contributed by atoms with Gasteiger partial charge in [0.2, 0.25) is 0 Å². The molecule has 1 saturated carbocycles. The van der Waals surface area contributed by atoms with E-state index >= 15 is 0 Å². The summed E-state index contributed by atoms with van der Waals surface area (Å²) in [5, 5.41) is 0. The molecule has 1 heterocycles. The Morgan fingerprint density at radius 1 is 1.03 bits per heavy atom. The van der Waals surface area contributed by atoms with E-state index in [4.69, 9.17) is 18.9 Å². The van der Waals surface area contributed by atoms with Crippen molar-refractivity contribution >= 4 is 18.0 Å². The van der Waals surface area contributed by atoms with Crippen LogP contribution in [0.3, 0.4) is 0 Å². The molecule has 0 bridgehead atoms. The number of hydrogen-bond acceptors (Lipinski definition) is 7. The van der Waals surface area contributed by atoms with Crippen molar-refractivity contribution < 1.29 is 33.3 Å². The average Bonchev–Trinajstić information content (AvgIpc) is 3.10. The van der Waals surface area contributed by atoms with E-state index < -0.39 is 35.5 Å². The van der Waals surface area contributed by atoms with Gasteiger partial charge in [-0.15, -0.1) is 0 Å². The van der Waals surface area contributed by atoms with Crippen LogP contribution in [0.15, 0.2) is 30.3 Å². The minimum absolute atomic E-state index is 0.0716. The van der Waals surface area contributed by atoms with Gasteiger partial charge in [-0.25, -0.2) is 9.59 Å². The van der Waals surface area contributed by atoms with Gasteiger partial charge in [-0.3, -0.25) is 9.69 Å². The van der Waals surface area contributed by atoms with Crippen molar-refractivity contribution in [3.05, 3.63) is 35.9 Å². The van der Waals surface area contributed by atoms with Crippen LogP contribution in [0.5, 0.6) is 0 Å². The number of hydrogen-bond donors (Lipinski definition) is 0. The van der Waals surface area contributed by atoms with Crippen LogP contribution in [0.2, 0.25) is 0 Å². The second-order valence-corrected chi connectivity index (χ2v) is 11.6. The molecule has 2 aliphatic rings. The first kappa shape index (κ1) is 29.0. The van der Waals surface area contributed by atoms with Gasteiger partial charge in [-0.05, 0) is 58.9 Å². The predicted octanol–water partition coefficient (Wildman–Crippen LogP) is 5.76. The molecular formula is C29H43NO7. The van der Waals surface area contributed by atoms with E-state index in [-0.39, 0.29) is 25.6 Å². The maximum Gasteiger partial charge on any atom is 0.412 e. The number of amides is 1. The van der Waals surface area contributed by atoms with Gasteiger partial charge in [-0.1, -0.05) is 62.4 Å². The molecule has 0 N–H and O–H groups in total. The Bertz CT molecular complexity index is 903. The van der Waals surface area contributed by atoms with E-state index in [0.29, 0.717) is 18.8 Å². The van der Waals surface area contributed by atoms with Gasteiger partial charge >= 0.3 is 18.0 Å². The number of rotatable bonds is 9. The molecule has 0 spiro atoms. The molecule has 206 valence electrons. The van der Waals surface area contributed by atoms with Crippen LogP contribution in [-0.4, -0.2) is 53.0 Å². The lowest BCUT2D eigenvalue weighted by molar-refractivity contribution is -0.162. The van der Waals surface area contributed by atoms with E-state index in [1.807, 2.05) is 51.1 Å². The van der Waals surface area contributed by atoms with Gasteiger partial charge < -0.3 is 18.9 Å². The van der Waals surface area contributed by atoms with E-state index in [0.717, 1.165) is 31.2 Å². The lowest BCUT2D eigenvalue weighted by atomic mass is 9.83. The second-order valence-electron chi connectivity index (χ2n) is 11.6. The molecule has 1 saturated heterocycles. The van der Waals surface area contributed by atoms with Gasteiger partial charge in [0.1, 0.15) is 17.9 Å². The average molecular weight is 518 g/mol. The van der Waals surface area contributed by atoms with Crippen LogP contribution in [0.1, 0.15) is 91.5 Å². The summed E-state index contributed by atoms with van der Waals surface area (Å²) in [7, 11) is 0. The normalized spacial score (nSPS) is 21.9. The number of carbonyl (C=O) groups excluding carboxylic acids is 3. The molecule has 0 aromatic heterocycles. The van der Waals surface area contributed by atoms with Crippen LogP contribution in [0.4, 0.5) is 4.79 Å². The highest BCUT2D eigenvalue weighted by Gasteiger charge is 2.54. The summed E-state index contributed by atoms with van der Waals surface area (Å²) >= 11 is 0. The number of carbonyl (C=O) groups is 3. The Kier molecular flexibility index (Phi) is 9.99. The summed E-state index contributed by atoms with van der Waals surface area (Å²) in [5.41, 5.74) is -0.773. The minimum Gasteiger partial charge on any atom is -0.464 e. The van der Waals surface area contributed by atoms with Crippen LogP contribution in [-0.2, 0) is 35.1 Å². The van der Waals surface area contributed by atoms with Crippen molar-refractivity contribution in [2.45, 2.75) is 116 Å². The van der Waals surface area contributed by atoms with Crippen molar-refractivity contribution in [2.24, 2.45) is 5.92 Å². The molecule has 0 radical (unpaired) electrons. The third-order valence-corrected chi connectivity index (χ3v) is 6.81. The lowest BCUT2D eigenvalue weighted by Gasteiger charge is -2.36. The minimum atomic E-state index is -1.02. The molecule has 0 unspecified atom stereocenters. The fourth-order valence-corrected chi connectivity index (χ4v) is 5.13. The SMILES string of the molecule is CC(C)(C)OC(=O)N1[C@@H](CC2CCCCC2)[C@H](C(=O)OCCCC(=O)OCc2ccccc2)OC1(C)C. The molecule has 1 amide bonds. The molecule has 1 aliphatic heterocycles. The zero-order valence-corrected chi connectivity index (χ0v) is 23.0. The first-order chi connectivity index (χ1) is 17.5. The van der Waals surface area contributed by atoms with Gasteiger partial charge in [0.25, 0.3) is 0 Å². The molecular weight excluding hydrogens is 474 g/mol. The zero-order valence-electron chi connectivity index (χ0n) is 23.0. The quantitative estimate of drug-likeness (QED) is 0.233. The smallest absolute Gasteiger partial charge is 0.412 e. The topological polar surface area (TPSA) is 91.4 Å². The summed E-state index contributed by atoms with van der Waals surface area (Å²) in [6.07, 6.45) is 5.44. The molecule has 1 aromatic rings. The summed E-state index contributed by atoms with van der Waals surface area (Å²) < 4.78 is 22.6. The number of benzene rings is 1. The summed E-state index contributed by atoms with van der Waals surface area (Å²) in [4.78, 5) is 40.0. The summed E-state index contributed by atoms with van der Waals surface area (Å²) in [6, 6.07) is 8.99. The molecule has 1 aliphatic carbocycles. The van der Waals surface area contributed by atoms with Crippen molar-refractivity contribution in [1.29, 1.82) is 0 Å². The van der Waals surface area contributed by atoms with E-state index in [9.17, 15) is 14.4 Å². The van der Waals surface area contributed by atoms with Crippen LogP contribution >= 0.6 is 0 Å². The monoisotopic (exact) mass is 517 g/mol. The highest BCUT2D eigenvalue weighted by atomic mass is 16.6. The van der Waals surface area contributed by atoms with Crippen LogP contribution < -0.4 is 0 Å². The Balaban J connectivity index is 1.57. The number of esters is 2. The van der Waals surface area contributed by atoms with Crippen LogP contribution in [0, 0.1) is 5.92 Å². The summed E-state index contributed by atoms with van der Waals surface area (Å²) in [5.74, 6) is -0.446. The van der Waals surface area contributed by atoms with Gasteiger partial charge in [0.15, 0.2) is 6.10 Å². The maximum atomic E-state index is 13.2. The molecule has 8 heteroatoms. The third kappa shape index (κ3) is 8.73. The molecule has 3 rings (SSSR count). The first-order valence-corrected chi connectivity index (χ1v) is 13.5. The fraction of sp³-hybridized carbons (Fsp3) is 0.690. The molecule has 37 heavy (non-hydrogen) atoms. The van der Waals surface area contributed by atoms with Gasteiger partial charge in [0, 0.05) is 6.42 Å². The Morgan fingerprint density at radius 3 is 2.35 bits per heavy atom. The third-order valence-electron chi connectivity index (χ3n) is 6.81. The highest BCUT2D eigenvalue weighted by molar-refractivity contribution is 5.79. The number of nitrogens with zero attached hydrogens (tertiary/aromatic N) is 1. The highest BCUT2D eigenvalue weighted by Crippen LogP contribution is 2.39. The van der Waals surface area contributed by atoms with Gasteiger partial charge in [-0.2, -0.15) is 0 Å². The van der Waals surface area contributed by atoms with Crippen molar-refractivity contribution in [2.75, 3.05) is 6.61 Å². The first-order valence-electron chi connectivity index (χ1n) is 13.5. The largest absolute Gasteiger partial charge is 0.464 e. The molecule has 2 atom stereocenters. The fourth-order valence-electron chi connectivity index (χ4n) is 5.13. The van der Waals surface area contributed by atoms with Crippen molar-refractivity contribution in [3.63, 3.8) is 0 Å². The lowest BCUT2D eigenvalue weighted by Crippen LogP contribution is -2.51. The standard InChI is InChI=1S/C29H43NO7/c1-28(2,3)37-27(33)30-23(19-21-13-8-6-9-14-21)25(36-29(30,4)5)26(32)34-18-12-17-24(31)35-20-22-15-10-7-11-16-22/h7,10-11,15-16,21,23,25H,6,8-9,12-14,17-20H2,1-5H3/t23-,25+/m0/s1. The number of ether oxygens (including phenoxy) is 4. The van der Waals surface area contributed by atoms with E-state index in [1.165, 1.54) is 6.42 Å². The van der Waals surface area contributed by atoms with E-state index in [1.54, 1.807) is 18.7 Å². The van der Waals surface area contributed by atoms with Crippen LogP contribution in [0.25, 0.3) is 0 Å². The zero-order chi connectivity index (χ0) is 27.1. The van der Waals surface area contributed by atoms with E-state index in [2.05, 4.69) is 0 Å². The van der Waals surface area contributed by atoms with Gasteiger partial charge in [0.05, 0.1) is 12.6 Å². The Hall–Kier alpha value is -2.61. The summed E-state index contributed by atoms with van der Waals surface area (Å²) in [6.45, 7) is 9.31. The predicted molar refractivity (Wildman–Crippen MR) is 138 cm³/mol. The van der Waals surface area contributed by atoms with Crippen molar-refractivity contribution in [3.8, 4) is 0 Å². The van der Waals surface area contributed by atoms with Crippen molar-refractivity contribution in [1.82, 2.24) is 4.90 Å². The molecule has 8 nitrogen and oxygen atoms in total. The maximum absolute atomic E-state index is 13.2. The molecule has 2 fully saturated rings.